The standard InChI is InChI=1S/C14H15ClN4O2S/c1-9-16-13(21-18-9)8-22-14-17-11-7-10(15)3-4-12(11)19(14)5-6-20-2/h3-4,7H,5-6,8H2,1-2H3. The molecule has 0 unspecified atom stereocenters. The van der Waals surface area contributed by atoms with Crippen LogP contribution in [0.4, 0.5) is 0 Å². The van der Waals surface area contributed by atoms with Crippen LogP contribution in [0.25, 0.3) is 11.0 Å². The number of benzene rings is 1. The zero-order valence-electron chi connectivity index (χ0n) is 12.2. The second-order valence-electron chi connectivity index (χ2n) is 4.70. The molecule has 0 N–H and O–H groups in total. The first-order valence-electron chi connectivity index (χ1n) is 6.74. The van der Waals surface area contributed by atoms with Gasteiger partial charge in [-0.15, -0.1) is 0 Å². The van der Waals surface area contributed by atoms with E-state index in [2.05, 4.69) is 19.7 Å². The second kappa shape index (κ2) is 6.68. The molecule has 0 aliphatic carbocycles. The smallest absolute Gasteiger partial charge is 0.237 e. The third-order valence-electron chi connectivity index (χ3n) is 3.09. The van der Waals surface area contributed by atoms with E-state index in [4.69, 9.17) is 20.9 Å². The number of hydrogen-bond donors (Lipinski definition) is 0. The molecule has 0 saturated heterocycles. The molecule has 6 nitrogen and oxygen atoms in total. The van der Waals surface area contributed by atoms with E-state index in [0.29, 0.717) is 29.1 Å². The summed E-state index contributed by atoms with van der Waals surface area (Å²) < 4.78 is 12.4. The highest BCUT2D eigenvalue weighted by molar-refractivity contribution is 7.98. The maximum Gasteiger partial charge on any atom is 0.237 e. The first-order valence-corrected chi connectivity index (χ1v) is 8.10. The fourth-order valence-corrected chi connectivity index (χ4v) is 3.16. The van der Waals surface area contributed by atoms with Crippen LogP contribution in [0, 0.1) is 6.92 Å². The lowest BCUT2D eigenvalue weighted by molar-refractivity contribution is 0.186. The van der Waals surface area contributed by atoms with Gasteiger partial charge in [-0.3, -0.25) is 0 Å². The summed E-state index contributed by atoms with van der Waals surface area (Å²) in [5, 5.41) is 5.35. The highest BCUT2D eigenvalue weighted by Crippen LogP contribution is 2.28. The number of methoxy groups -OCH3 is 1. The van der Waals surface area contributed by atoms with E-state index in [-0.39, 0.29) is 0 Å². The molecule has 22 heavy (non-hydrogen) atoms. The van der Waals surface area contributed by atoms with Gasteiger partial charge in [0.15, 0.2) is 11.0 Å². The molecule has 0 saturated carbocycles. The Hall–Kier alpha value is -1.57. The van der Waals surface area contributed by atoms with Crippen LogP contribution in [0.15, 0.2) is 27.9 Å². The zero-order valence-corrected chi connectivity index (χ0v) is 13.8. The number of halogens is 1. The monoisotopic (exact) mass is 338 g/mol. The Morgan fingerprint density at radius 2 is 2.23 bits per heavy atom. The van der Waals surface area contributed by atoms with Gasteiger partial charge in [0.2, 0.25) is 5.89 Å². The topological polar surface area (TPSA) is 66.0 Å². The van der Waals surface area contributed by atoms with Crippen molar-refractivity contribution in [1.29, 1.82) is 0 Å². The van der Waals surface area contributed by atoms with Crippen LogP contribution in [0.1, 0.15) is 11.7 Å². The summed E-state index contributed by atoms with van der Waals surface area (Å²) >= 11 is 7.60. The van der Waals surface area contributed by atoms with Crippen LogP contribution in [0.5, 0.6) is 0 Å². The average Bonchev–Trinajstić information content (AvgIpc) is 3.06. The predicted octanol–water partition coefficient (Wildman–Crippen LogP) is 3.32. The first-order chi connectivity index (χ1) is 10.7. The number of thioether (sulfide) groups is 1. The van der Waals surface area contributed by atoms with Crippen molar-refractivity contribution in [3.05, 3.63) is 34.9 Å². The van der Waals surface area contributed by atoms with Gasteiger partial charge in [-0.05, 0) is 25.1 Å². The summed E-state index contributed by atoms with van der Waals surface area (Å²) in [7, 11) is 1.68. The zero-order chi connectivity index (χ0) is 15.5. The van der Waals surface area contributed by atoms with Crippen molar-refractivity contribution in [2.45, 2.75) is 24.4 Å². The van der Waals surface area contributed by atoms with Gasteiger partial charge in [-0.2, -0.15) is 4.98 Å². The molecule has 2 aromatic heterocycles. The minimum Gasteiger partial charge on any atom is -0.383 e. The Bertz CT molecular complexity index is 786. The first kappa shape index (κ1) is 15.3. The lowest BCUT2D eigenvalue weighted by Crippen LogP contribution is -2.05. The van der Waals surface area contributed by atoms with Gasteiger partial charge >= 0.3 is 0 Å². The SMILES string of the molecule is COCCn1c(SCc2nc(C)no2)nc2cc(Cl)ccc21. The van der Waals surface area contributed by atoms with Gasteiger partial charge in [0.1, 0.15) is 0 Å². The number of fused-ring (bicyclic) bond motifs is 1. The second-order valence-corrected chi connectivity index (χ2v) is 6.07. The van der Waals surface area contributed by atoms with Crippen molar-refractivity contribution >= 4 is 34.4 Å². The molecule has 0 aliphatic rings. The van der Waals surface area contributed by atoms with Crippen LogP contribution < -0.4 is 0 Å². The third-order valence-corrected chi connectivity index (χ3v) is 4.28. The Balaban J connectivity index is 1.88. The molecule has 0 spiro atoms. The highest BCUT2D eigenvalue weighted by Gasteiger charge is 2.13. The third kappa shape index (κ3) is 3.26. The molecule has 0 fully saturated rings. The number of hydrogen-bond acceptors (Lipinski definition) is 6. The molecule has 2 heterocycles. The highest BCUT2D eigenvalue weighted by atomic mass is 35.5. The van der Waals surface area contributed by atoms with Crippen LogP contribution in [0.2, 0.25) is 5.02 Å². The molecule has 0 bridgehead atoms. The summed E-state index contributed by atoms with van der Waals surface area (Å²) in [6, 6.07) is 5.70. The van der Waals surface area contributed by atoms with E-state index >= 15 is 0 Å². The minimum absolute atomic E-state index is 0.574. The van der Waals surface area contributed by atoms with Crippen molar-refractivity contribution in [3.63, 3.8) is 0 Å². The number of aryl methyl sites for hydroxylation is 1. The van der Waals surface area contributed by atoms with Gasteiger partial charge in [0.05, 0.1) is 23.4 Å². The molecule has 3 rings (SSSR count). The Kier molecular flexibility index (Phi) is 4.66. The average molecular weight is 339 g/mol. The molecule has 0 aliphatic heterocycles. The van der Waals surface area contributed by atoms with E-state index in [1.807, 2.05) is 18.2 Å². The van der Waals surface area contributed by atoms with Gasteiger partial charge in [0, 0.05) is 18.7 Å². The summed E-state index contributed by atoms with van der Waals surface area (Å²) in [4.78, 5) is 8.85. The van der Waals surface area contributed by atoms with Gasteiger partial charge in [0.25, 0.3) is 0 Å². The van der Waals surface area contributed by atoms with Crippen LogP contribution in [0.3, 0.4) is 0 Å². The lowest BCUT2D eigenvalue weighted by Gasteiger charge is -2.07. The van der Waals surface area contributed by atoms with Gasteiger partial charge < -0.3 is 13.8 Å². The molecule has 0 amide bonds. The number of rotatable bonds is 6. The van der Waals surface area contributed by atoms with Crippen LogP contribution in [-0.2, 0) is 17.0 Å². The number of ether oxygens (including phenoxy) is 1. The minimum atomic E-state index is 0.574. The van der Waals surface area contributed by atoms with Crippen LogP contribution in [-0.4, -0.2) is 33.4 Å². The molecule has 3 aromatic rings. The maximum absolute atomic E-state index is 6.05. The number of nitrogens with zero attached hydrogens (tertiary/aromatic N) is 4. The van der Waals surface area contributed by atoms with E-state index in [1.54, 1.807) is 25.8 Å². The lowest BCUT2D eigenvalue weighted by atomic mass is 10.3. The molecule has 8 heteroatoms. The number of aromatic nitrogens is 4. The van der Waals surface area contributed by atoms with Gasteiger partial charge in [-0.25, -0.2) is 4.98 Å². The fraction of sp³-hybridized carbons (Fsp3) is 0.357. The van der Waals surface area contributed by atoms with Crippen molar-refractivity contribution < 1.29 is 9.26 Å². The Morgan fingerprint density at radius 1 is 1.36 bits per heavy atom. The van der Waals surface area contributed by atoms with E-state index < -0.39 is 0 Å². The largest absolute Gasteiger partial charge is 0.383 e. The fourth-order valence-electron chi connectivity index (χ4n) is 2.11. The number of imidazole rings is 1. The normalized spacial score (nSPS) is 11.4. The molecular formula is C14H15ClN4O2S. The summed E-state index contributed by atoms with van der Waals surface area (Å²) in [5.41, 5.74) is 1.90. The maximum atomic E-state index is 6.05. The Labute approximate surface area is 136 Å². The van der Waals surface area contributed by atoms with Crippen LogP contribution >= 0.6 is 23.4 Å². The summed E-state index contributed by atoms with van der Waals surface area (Å²) in [5.74, 6) is 1.80. The quantitative estimate of drug-likeness (QED) is 0.642. The van der Waals surface area contributed by atoms with Crippen molar-refractivity contribution in [3.8, 4) is 0 Å². The van der Waals surface area contributed by atoms with Crippen molar-refractivity contribution in [1.82, 2.24) is 19.7 Å². The van der Waals surface area contributed by atoms with Gasteiger partial charge in [-0.1, -0.05) is 28.5 Å². The van der Waals surface area contributed by atoms with E-state index in [0.717, 1.165) is 22.7 Å². The molecule has 0 atom stereocenters. The van der Waals surface area contributed by atoms with Crippen molar-refractivity contribution in [2.75, 3.05) is 13.7 Å². The molecular weight excluding hydrogens is 324 g/mol. The molecule has 0 radical (unpaired) electrons. The molecule has 116 valence electrons. The summed E-state index contributed by atoms with van der Waals surface area (Å²) in [6.07, 6.45) is 0. The van der Waals surface area contributed by atoms with E-state index in [9.17, 15) is 0 Å². The summed E-state index contributed by atoms with van der Waals surface area (Å²) in [6.45, 7) is 3.13. The Morgan fingerprint density at radius 3 is 2.95 bits per heavy atom. The van der Waals surface area contributed by atoms with Crippen molar-refractivity contribution in [2.24, 2.45) is 0 Å². The van der Waals surface area contributed by atoms with E-state index in [1.165, 1.54) is 0 Å². The molecule has 1 aromatic carbocycles. The predicted molar refractivity (Wildman–Crippen MR) is 85.2 cm³/mol.